The number of likely N-dealkylation sites (N-methyl/N-ethyl adjacent to an activating group) is 1. The molecule has 208 valence electrons. The van der Waals surface area contributed by atoms with Crippen molar-refractivity contribution >= 4 is 39.1 Å². The van der Waals surface area contributed by atoms with Gasteiger partial charge in [0.2, 0.25) is 21.8 Å². The van der Waals surface area contributed by atoms with E-state index in [0.717, 1.165) is 16.1 Å². The van der Waals surface area contributed by atoms with E-state index in [9.17, 15) is 18.0 Å². The summed E-state index contributed by atoms with van der Waals surface area (Å²) in [6.45, 7) is 3.76. The third-order valence-electron chi connectivity index (χ3n) is 6.03. The maximum Gasteiger partial charge on any atom is 0.244 e. The Labute approximate surface area is 235 Å². The van der Waals surface area contributed by atoms with Gasteiger partial charge in [0, 0.05) is 24.5 Å². The van der Waals surface area contributed by atoms with Crippen molar-refractivity contribution in [1.29, 1.82) is 0 Å². The molecule has 0 radical (unpaired) electrons. The second-order valence-corrected chi connectivity index (χ2v) is 11.2. The Morgan fingerprint density at radius 1 is 0.949 bits per heavy atom. The molecule has 1 atom stereocenters. The van der Waals surface area contributed by atoms with Gasteiger partial charge in [0.05, 0.1) is 18.6 Å². The number of hydrogen-bond acceptors (Lipinski definition) is 5. The summed E-state index contributed by atoms with van der Waals surface area (Å²) in [5, 5.41) is 3.26. The Morgan fingerprint density at radius 2 is 1.59 bits per heavy atom. The van der Waals surface area contributed by atoms with Gasteiger partial charge in [-0.3, -0.25) is 13.9 Å². The number of sulfonamides is 1. The van der Waals surface area contributed by atoms with Gasteiger partial charge in [0.15, 0.2) is 0 Å². The smallest absolute Gasteiger partial charge is 0.244 e. The average Bonchev–Trinajstić information content (AvgIpc) is 2.91. The van der Waals surface area contributed by atoms with Gasteiger partial charge in [-0.1, -0.05) is 72.3 Å². The lowest BCUT2D eigenvalue weighted by molar-refractivity contribution is -0.140. The number of carbonyl (C=O) groups excluding carboxylic acids is 2. The summed E-state index contributed by atoms with van der Waals surface area (Å²) in [6, 6.07) is 22.1. The highest BCUT2D eigenvalue weighted by Gasteiger charge is 2.33. The van der Waals surface area contributed by atoms with Crippen LogP contribution in [0.5, 0.6) is 5.75 Å². The fourth-order valence-electron chi connectivity index (χ4n) is 4.19. The third kappa shape index (κ3) is 8.21. The van der Waals surface area contributed by atoms with Crippen molar-refractivity contribution in [2.45, 2.75) is 32.9 Å². The molecule has 3 aromatic rings. The van der Waals surface area contributed by atoms with Crippen molar-refractivity contribution in [2.75, 3.05) is 30.3 Å². The van der Waals surface area contributed by atoms with Crippen molar-refractivity contribution in [1.82, 2.24) is 10.2 Å². The molecule has 10 heteroatoms. The number of para-hydroxylation sites is 2. The molecule has 0 aliphatic heterocycles. The zero-order valence-electron chi connectivity index (χ0n) is 22.3. The monoisotopic (exact) mass is 571 g/mol. The molecule has 1 N–H and O–H groups in total. The number of halogens is 1. The van der Waals surface area contributed by atoms with E-state index in [4.69, 9.17) is 16.3 Å². The number of benzene rings is 3. The minimum Gasteiger partial charge on any atom is -0.492 e. The lowest BCUT2D eigenvalue weighted by Crippen LogP contribution is -2.53. The fraction of sp³-hybridized carbons (Fsp3) is 0.310. The standard InChI is InChI=1S/C29H34ClN3O5S/c1-4-31-29(35)26(19-22-13-7-6-8-14-22)32(20-23-15-9-10-16-24(23)30)28(34)21-33(39(3,36)37)25-17-11-12-18-27(25)38-5-2/h6-18,26H,4-5,19-21H2,1-3H3,(H,31,35)/t26-/m1/s1. The van der Waals surface area contributed by atoms with Crippen LogP contribution in [0.3, 0.4) is 0 Å². The molecule has 0 fully saturated rings. The molecule has 0 saturated heterocycles. The van der Waals surface area contributed by atoms with E-state index in [2.05, 4.69) is 5.32 Å². The van der Waals surface area contributed by atoms with Crippen LogP contribution < -0.4 is 14.4 Å². The molecule has 3 aromatic carbocycles. The quantitative estimate of drug-likeness (QED) is 0.330. The molecule has 3 rings (SSSR count). The van der Waals surface area contributed by atoms with Crippen LogP contribution in [0.1, 0.15) is 25.0 Å². The van der Waals surface area contributed by atoms with Crippen LogP contribution >= 0.6 is 11.6 Å². The predicted octanol–water partition coefficient (Wildman–Crippen LogP) is 4.28. The topological polar surface area (TPSA) is 96.0 Å². The summed E-state index contributed by atoms with van der Waals surface area (Å²) >= 11 is 6.45. The van der Waals surface area contributed by atoms with Crippen molar-refractivity contribution in [3.05, 3.63) is 95.0 Å². The Balaban J connectivity index is 2.07. The number of carbonyl (C=O) groups is 2. The Bertz CT molecular complexity index is 1370. The van der Waals surface area contributed by atoms with E-state index in [-0.39, 0.29) is 24.6 Å². The van der Waals surface area contributed by atoms with E-state index in [0.29, 0.717) is 29.5 Å². The molecule has 0 saturated carbocycles. The molecule has 0 aliphatic rings. The summed E-state index contributed by atoms with van der Waals surface area (Å²) in [4.78, 5) is 28.8. The maximum atomic E-state index is 14.1. The van der Waals surface area contributed by atoms with Crippen LogP contribution in [0.15, 0.2) is 78.9 Å². The fourth-order valence-corrected chi connectivity index (χ4v) is 5.24. The number of anilines is 1. The van der Waals surface area contributed by atoms with Gasteiger partial charge in [0.25, 0.3) is 0 Å². The van der Waals surface area contributed by atoms with Gasteiger partial charge in [0.1, 0.15) is 18.3 Å². The number of hydrogen-bond donors (Lipinski definition) is 1. The molecule has 0 aromatic heterocycles. The second-order valence-electron chi connectivity index (χ2n) is 8.88. The van der Waals surface area contributed by atoms with Crippen molar-refractivity contribution in [3.63, 3.8) is 0 Å². The summed E-state index contributed by atoms with van der Waals surface area (Å²) in [5.74, 6) is -0.568. The third-order valence-corrected chi connectivity index (χ3v) is 7.53. The average molecular weight is 572 g/mol. The first kappa shape index (κ1) is 30.0. The minimum absolute atomic E-state index is 0.0118. The minimum atomic E-state index is -3.90. The first-order valence-electron chi connectivity index (χ1n) is 12.7. The predicted molar refractivity (Wildman–Crippen MR) is 154 cm³/mol. The number of nitrogens with zero attached hydrogens (tertiary/aromatic N) is 2. The van der Waals surface area contributed by atoms with Gasteiger partial charge in [-0.2, -0.15) is 0 Å². The van der Waals surface area contributed by atoms with Crippen LogP contribution in [-0.2, 0) is 32.6 Å². The zero-order chi connectivity index (χ0) is 28.4. The SMILES string of the molecule is CCNC(=O)[C@@H](Cc1ccccc1)N(Cc1ccccc1Cl)C(=O)CN(c1ccccc1OCC)S(C)(=O)=O. The lowest BCUT2D eigenvalue weighted by Gasteiger charge is -2.34. The molecule has 2 amide bonds. The summed E-state index contributed by atoms with van der Waals surface area (Å²) in [7, 11) is -3.90. The molecule has 0 aliphatic carbocycles. The maximum absolute atomic E-state index is 14.1. The normalized spacial score (nSPS) is 11.9. The van der Waals surface area contributed by atoms with Crippen molar-refractivity contribution in [2.24, 2.45) is 0 Å². The van der Waals surface area contributed by atoms with Crippen LogP contribution in [0.25, 0.3) is 0 Å². The largest absolute Gasteiger partial charge is 0.492 e. The number of nitrogens with one attached hydrogen (secondary N) is 1. The molecule has 0 bridgehead atoms. The van der Waals surface area contributed by atoms with E-state index in [1.165, 1.54) is 4.90 Å². The first-order valence-corrected chi connectivity index (χ1v) is 14.9. The van der Waals surface area contributed by atoms with E-state index in [1.54, 1.807) is 62.4 Å². The van der Waals surface area contributed by atoms with Crippen LogP contribution in [0, 0.1) is 0 Å². The molecule has 0 heterocycles. The molecular weight excluding hydrogens is 538 g/mol. The van der Waals surface area contributed by atoms with Gasteiger partial charge in [-0.05, 0) is 43.2 Å². The van der Waals surface area contributed by atoms with E-state index in [1.807, 2.05) is 30.3 Å². The number of ether oxygens (including phenoxy) is 1. The van der Waals surface area contributed by atoms with E-state index < -0.39 is 28.5 Å². The van der Waals surface area contributed by atoms with Gasteiger partial charge in [-0.25, -0.2) is 8.42 Å². The number of rotatable bonds is 13. The molecule has 8 nitrogen and oxygen atoms in total. The van der Waals surface area contributed by atoms with Crippen molar-refractivity contribution in [3.8, 4) is 5.75 Å². The highest BCUT2D eigenvalue weighted by Crippen LogP contribution is 2.30. The molecule has 39 heavy (non-hydrogen) atoms. The highest BCUT2D eigenvalue weighted by molar-refractivity contribution is 7.92. The molecule has 0 spiro atoms. The van der Waals surface area contributed by atoms with Gasteiger partial charge >= 0.3 is 0 Å². The van der Waals surface area contributed by atoms with Crippen molar-refractivity contribution < 1.29 is 22.7 Å². The lowest BCUT2D eigenvalue weighted by atomic mass is 10.0. The second kappa shape index (κ2) is 14.0. The van der Waals surface area contributed by atoms with Gasteiger partial charge in [-0.15, -0.1) is 0 Å². The summed E-state index contributed by atoms with van der Waals surface area (Å²) in [6.07, 6.45) is 1.27. The van der Waals surface area contributed by atoms with E-state index >= 15 is 0 Å². The summed E-state index contributed by atoms with van der Waals surface area (Å²) in [5.41, 5.74) is 1.73. The van der Waals surface area contributed by atoms with Crippen LogP contribution in [0.4, 0.5) is 5.69 Å². The Kier molecular flexibility index (Phi) is 10.8. The van der Waals surface area contributed by atoms with Crippen LogP contribution in [0.2, 0.25) is 5.02 Å². The summed E-state index contributed by atoms with van der Waals surface area (Å²) < 4.78 is 32.6. The first-order chi connectivity index (χ1) is 18.7. The highest BCUT2D eigenvalue weighted by atomic mass is 35.5. The van der Waals surface area contributed by atoms with Crippen LogP contribution in [-0.4, -0.2) is 57.1 Å². The Hall–Kier alpha value is -3.56. The Morgan fingerprint density at radius 3 is 2.23 bits per heavy atom. The number of amides is 2. The molecular formula is C29H34ClN3O5S. The molecule has 0 unspecified atom stereocenters. The zero-order valence-corrected chi connectivity index (χ0v) is 23.9. The van der Waals surface area contributed by atoms with Gasteiger partial charge < -0.3 is 15.0 Å².